The topological polar surface area (TPSA) is 50.7 Å². The first kappa shape index (κ1) is 15.3. The van der Waals surface area contributed by atoms with Gasteiger partial charge in [-0.15, -0.1) is 11.3 Å². The molecule has 1 aromatic heterocycles. The number of ether oxygens (including phenoxy) is 1. The Bertz CT molecular complexity index is 649. The second-order valence-corrected chi connectivity index (χ2v) is 5.73. The molecule has 2 aromatic rings. The van der Waals surface area contributed by atoms with Crippen LogP contribution in [0.25, 0.3) is 0 Å². The minimum absolute atomic E-state index is 0.0487. The van der Waals surface area contributed by atoms with Gasteiger partial charge in [0.05, 0.1) is 6.21 Å². The Balaban J connectivity index is 1.88. The summed E-state index contributed by atoms with van der Waals surface area (Å²) in [6, 6.07) is 7.89. The molecule has 0 aliphatic rings. The van der Waals surface area contributed by atoms with Crippen LogP contribution < -0.4 is 10.2 Å². The normalized spacial score (nSPS) is 10.8. The maximum atomic E-state index is 11.7. The number of amides is 1. The van der Waals surface area contributed by atoms with E-state index in [0.717, 1.165) is 27.3 Å². The fourth-order valence-corrected chi connectivity index (χ4v) is 2.44. The van der Waals surface area contributed by atoms with E-state index in [1.54, 1.807) is 17.6 Å². The van der Waals surface area contributed by atoms with Gasteiger partial charge >= 0.3 is 0 Å². The van der Waals surface area contributed by atoms with Crippen molar-refractivity contribution in [2.24, 2.45) is 5.10 Å². The van der Waals surface area contributed by atoms with Crippen molar-refractivity contribution in [2.45, 2.75) is 20.8 Å². The summed E-state index contributed by atoms with van der Waals surface area (Å²) in [7, 11) is 0. The fraction of sp³-hybridized carbons (Fsp3) is 0.250. The quantitative estimate of drug-likeness (QED) is 0.681. The molecule has 21 heavy (non-hydrogen) atoms. The minimum Gasteiger partial charge on any atom is -0.483 e. The molecule has 0 atom stereocenters. The molecule has 0 spiro atoms. The predicted octanol–water partition coefficient (Wildman–Crippen LogP) is 3.20. The highest BCUT2D eigenvalue weighted by Crippen LogP contribution is 2.25. The van der Waals surface area contributed by atoms with Gasteiger partial charge in [-0.05, 0) is 48.9 Å². The molecule has 0 radical (unpaired) electrons. The molecule has 1 N–H and O–H groups in total. The van der Waals surface area contributed by atoms with Crippen LogP contribution in [0.1, 0.15) is 21.6 Å². The van der Waals surface area contributed by atoms with E-state index in [2.05, 4.69) is 10.5 Å². The van der Waals surface area contributed by atoms with Gasteiger partial charge in [0.1, 0.15) is 5.75 Å². The highest BCUT2D eigenvalue weighted by Gasteiger charge is 2.08. The number of hydrogen-bond acceptors (Lipinski definition) is 4. The molecule has 0 aliphatic heterocycles. The molecule has 0 bridgehead atoms. The molecule has 0 fully saturated rings. The fourth-order valence-electron chi connectivity index (χ4n) is 1.85. The largest absolute Gasteiger partial charge is 0.483 e. The summed E-state index contributed by atoms with van der Waals surface area (Å²) in [4.78, 5) is 12.7. The van der Waals surface area contributed by atoms with E-state index in [4.69, 9.17) is 4.74 Å². The van der Waals surface area contributed by atoms with Gasteiger partial charge in [-0.1, -0.05) is 18.2 Å². The molecule has 0 unspecified atom stereocenters. The average Bonchev–Trinajstić information content (AvgIpc) is 2.96. The number of nitrogens with one attached hydrogen (secondary N) is 1. The lowest BCUT2D eigenvalue weighted by Crippen LogP contribution is -2.25. The van der Waals surface area contributed by atoms with Gasteiger partial charge in [0.25, 0.3) is 5.91 Å². The highest BCUT2D eigenvalue weighted by atomic mass is 32.1. The smallest absolute Gasteiger partial charge is 0.277 e. The van der Waals surface area contributed by atoms with Crippen LogP contribution in [-0.2, 0) is 4.79 Å². The zero-order valence-corrected chi connectivity index (χ0v) is 13.2. The first-order chi connectivity index (χ1) is 10.1. The third-order valence-corrected chi connectivity index (χ3v) is 3.95. The molecule has 1 amide bonds. The lowest BCUT2D eigenvalue weighted by Gasteiger charge is -2.13. The van der Waals surface area contributed by atoms with E-state index in [-0.39, 0.29) is 12.5 Å². The van der Waals surface area contributed by atoms with Gasteiger partial charge in [-0.3, -0.25) is 4.79 Å². The van der Waals surface area contributed by atoms with Gasteiger partial charge in [0.2, 0.25) is 0 Å². The van der Waals surface area contributed by atoms with Crippen molar-refractivity contribution in [3.05, 3.63) is 51.2 Å². The molecule has 110 valence electrons. The Kier molecular flexibility index (Phi) is 5.11. The number of nitrogens with zero attached hydrogens (tertiary/aromatic N) is 1. The summed E-state index contributed by atoms with van der Waals surface area (Å²) in [6.07, 6.45) is 1.62. The van der Waals surface area contributed by atoms with Crippen LogP contribution in [-0.4, -0.2) is 18.7 Å². The third-order valence-electron chi connectivity index (χ3n) is 3.15. The summed E-state index contributed by atoms with van der Waals surface area (Å²) < 4.78 is 5.61. The van der Waals surface area contributed by atoms with Crippen LogP contribution in [0.3, 0.4) is 0 Å². The summed E-state index contributed by atoms with van der Waals surface area (Å²) in [5, 5.41) is 5.85. The van der Waals surface area contributed by atoms with Crippen molar-refractivity contribution in [2.75, 3.05) is 6.61 Å². The zero-order valence-electron chi connectivity index (χ0n) is 12.3. The first-order valence-corrected chi connectivity index (χ1v) is 7.51. The Morgan fingerprint density at radius 1 is 1.29 bits per heavy atom. The Morgan fingerprint density at radius 3 is 2.76 bits per heavy atom. The van der Waals surface area contributed by atoms with Crippen molar-refractivity contribution >= 4 is 23.5 Å². The van der Waals surface area contributed by atoms with E-state index in [0.29, 0.717) is 0 Å². The monoisotopic (exact) mass is 302 g/mol. The van der Waals surface area contributed by atoms with Crippen LogP contribution in [0.5, 0.6) is 5.75 Å². The number of rotatable bonds is 5. The number of hydrogen-bond donors (Lipinski definition) is 1. The molecular weight excluding hydrogens is 284 g/mol. The van der Waals surface area contributed by atoms with Gasteiger partial charge < -0.3 is 4.74 Å². The van der Waals surface area contributed by atoms with Crippen molar-refractivity contribution in [3.8, 4) is 5.75 Å². The summed E-state index contributed by atoms with van der Waals surface area (Å²) >= 11 is 1.56. The molecule has 1 aromatic carbocycles. The number of carbonyl (C=O) groups is 1. The van der Waals surface area contributed by atoms with Crippen LogP contribution in [0.15, 0.2) is 34.7 Å². The number of benzene rings is 1. The number of thiophene rings is 1. The van der Waals surface area contributed by atoms with Gasteiger partial charge in [-0.25, -0.2) is 5.43 Å². The highest BCUT2D eigenvalue weighted by molar-refractivity contribution is 7.11. The first-order valence-electron chi connectivity index (χ1n) is 6.63. The Morgan fingerprint density at radius 2 is 2.05 bits per heavy atom. The lowest BCUT2D eigenvalue weighted by atomic mass is 10.1. The molecule has 2 rings (SSSR count). The Hall–Kier alpha value is -2.14. The van der Waals surface area contributed by atoms with Crippen molar-refractivity contribution in [3.63, 3.8) is 0 Å². The van der Waals surface area contributed by atoms with Crippen LogP contribution in [0.4, 0.5) is 0 Å². The minimum atomic E-state index is -0.275. The van der Waals surface area contributed by atoms with E-state index < -0.39 is 0 Å². The van der Waals surface area contributed by atoms with Crippen molar-refractivity contribution in [1.82, 2.24) is 5.43 Å². The van der Waals surface area contributed by atoms with E-state index in [1.807, 2.05) is 50.4 Å². The Labute approximate surface area is 128 Å². The van der Waals surface area contributed by atoms with Crippen molar-refractivity contribution < 1.29 is 9.53 Å². The molecule has 5 heteroatoms. The maximum absolute atomic E-state index is 11.7. The standard InChI is InChI=1S/C16H18N2O2S/c1-11-6-7-12(2)16(13(11)3)20-10-15(19)18-17-9-14-5-4-8-21-14/h4-9H,10H2,1-3H3,(H,18,19)/b17-9+. The van der Waals surface area contributed by atoms with E-state index in [9.17, 15) is 4.79 Å². The second kappa shape index (κ2) is 7.04. The molecule has 0 saturated carbocycles. The van der Waals surface area contributed by atoms with Gasteiger partial charge in [0.15, 0.2) is 6.61 Å². The SMILES string of the molecule is Cc1ccc(C)c(OCC(=O)N/N=C/c2cccs2)c1C. The van der Waals surface area contributed by atoms with Crippen LogP contribution in [0.2, 0.25) is 0 Å². The number of hydrazone groups is 1. The van der Waals surface area contributed by atoms with Crippen LogP contribution in [0, 0.1) is 20.8 Å². The lowest BCUT2D eigenvalue weighted by molar-refractivity contribution is -0.123. The zero-order chi connectivity index (χ0) is 15.2. The number of aryl methyl sites for hydroxylation is 2. The van der Waals surface area contributed by atoms with E-state index in [1.165, 1.54) is 0 Å². The second-order valence-electron chi connectivity index (χ2n) is 4.75. The number of carbonyl (C=O) groups excluding carboxylic acids is 1. The van der Waals surface area contributed by atoms with Crippen LogP contribution >= 0.6 is 11.3 Å². The summed E-state index contributed by atoms with van der Waals surface area (Å²) in [6.45, 7) is 5.93. The molecule has 1 heterocycles. The predicted molar refractivity (Wildman–Crippen MR) is 86.2 cm³/mol. The average molecular weight is 302 g/mol. The van der Waals surface area contributed by atoms with Gasteiger partial charge in [-0.2, -0.15) is 5.10 Å². The van der Waals surface area contributed by atoms with Crippen molar-refractivity contribution in [1.29, 1.82) is 0 Å². The molecule has 0 saturated heterocycles. The molecule has 4 nitrogen and oxygen atoms in total. The van der Waals surface area contributed by atoms with E-state index >= 15 is 0 Å². The van der Waals surface area contributed by atoms with Gasteiger partial charge in [0, 0.05) is 4.88 Å². The summed E-state index contributed by atoms with van der Waals surface area (Å²) in [5.74, 6) is 0.496. The maximum Gasteiger partial charge on any atom is 0.277 e. The third kappa shape index (κ3) is 4.16. The molecular formula is C16H18N2O2S. The summed E-state index contributed by atoms with van der Waals surface area (Å²) in [5.41, 5.74) is 5.68. The molecule has 0 aliphatic carbocycles.